The molecule has 0 aliphatic rings. The fraction of sp³-hybridized carbons (Fsp3) is 0.188. The molecule has 0 fully saturated rings. The first-order valence-corrected chi connectivity index (χ1v) is 6.51. The van der Waals surface area contributed by atoms with Crippen LogP contribution in [0.4, 0.5) is 5.82 Å². The summed E-state index contributed by atoms with van der Waals surface area (Å²) in [6.45, 7) is 1.84. The van der Waals surface area contributed by atoms with Crippen molar-refractivity contribution in [2.45, 2.75) is 13.3 Å². The third-order valence-corrected chi connectivity index (χ3v) is 2.56. The predicted octanol–water partition coefficient (Wildman–Crippen LogP) is 1.77. The molecule has 21 heavy (non-hydrogen) atoms. The van der Waals surface area contributed by atoms with Gasteiger partial charge in [0.05, 0.1) is 6.61 Å². The number of pyridine rings is 2. The van der Waals surface area contributed by atoms with E-state index >= 15 is 0 Å². The van der Waals surface area contributed by atoms with Gasteiger partial charge in [0.2, 0.25) is 0 Å². The zero-order valence-corrected chi connectivity index (χ0v) is 11.6. The second-order valence-corrected chi connectivity index (χ2v) is 4.30. The number of nitrogens with zero attached hydrogens (tertiary/aromatic N) is 2. The fourth-order valence-electron chi connectivity index (χ4n) is 1.63. The number of aromatic nitrogens is 2. The van der Waals surface area contributed by atoms with Crippen LogP contribution in [0.2, 0.25) is 0 Å². The van der Waals surface area contributed by atoms with Gasteiger partial charge in [0.15, 0.2) is 0 Å². The Morgan fingerprint density at radius 3 is 2.81 bits per heavy atom. The molecule has 2 aromatic rings. The van der Waals surface area contributed by atoms with Crippen LogP contribution in [0.5, 0.6) is 0 Å². The number of aliphatic hydroxyl groups is 1. The number of rotatable bonds is 3. The van der Waals surface area contributed by atoms with E-state index in [1.54, 1.807) is 30.3 Å². The maximum atomic E-state index is 12.1. The standard InChI is InChI=1S/C16H15N3O2/c1-12-6-4-9-14(17-12)16(21)19-15-10-5-8-13(18-15)7-2-3-11-20/h4-6,8-10,20H,3,11H2,1H3,(H,18,19,21). The van der Waals surface area contributed by atoms with E-state index in [2.05, 4.69) is 27.1 Å². The average Bonchev–Trinajstić information content (AvgIpc) is 2.48. The number of aliphatic hydroxyl groups excluding tert-OH is 1. The number of carbonyl (C=O) groups excluding carboxylic acids is 1. The highest BCUT2D eigenvalue weighted by atomic mass is 16.2. The maximum absolute atomic E-state index is 12.1. The topological polar surface area (TPSA) is 75.1 Å². The van der Waals surface area contributed by atoms with Gasteiger partial charge in [0.1, 0.15) is 17.2 Å². The highest BCUT2D eigenvalue weighted by Crippen LogP contribution is 2.07. The monoisotopic (exact) mass is 281 g/mol. The molecule has 1 amide bonds. The Morgan fingerprint density at radius 2 is 2.05 bits per heavy atom. The molecule has 0 spiro atoms. The van der Waals surface area contributed by atoms with Crippen molar-refractivity contribution in [3.8, 4) is 11.8 Å². The Hall–Kier alpha value is -2.71. The van der Waals surface area contributed by atoms with Crippen molar-refractivity contribution in [3.05, 3.63) is 53.5 Å². The summed E-state index contributed by atoms with van der Waals surface area (Å²) < 4.78 is 0. The van der Waals surface area contributed by atoms with Crippen molar-refractivity contribution in [2.24, 2.45) is 0 Å². The second-order valence-electron chi connectivity index (χ2n) is 4.30. The molecule has 2 rings (SSSR count). The third-order valence-electron chi connectivity index (χ3n) is 2.56. The maximum Gasteiger partial charge on any atom is 0.275 e. The molecule has 0 saturated carbocycles. The van der Waals surface area contributed by atoms with Gasteiger partial charge in [-0.1, -0.05) is 18.1 Å². The summed E-state index contributed by atoms with van der Waals surface area (Å²) in [5.41, 5.74) is 1.66. The van der Waals surface area contributed by atoms with Crippen LogP contribution in [0.1, 0.15) is 28.3 Å². The van der Waals surface area contributed by atoms with E-state index in [0.717, 1.165) is 5.69 Å². The number of aryl methyl sites for hydroxylation is 1. The largest absolute Gasteiger partial charge is 0.395 e. The summed E-state index contributed by atoms with van der Waals surface area (Å²) in [6.07, 6.45) is 0.394. The normalized spacial score (nSPS) is 9.62. The van der Waals surface area contributed by atoms with Crippen molar-refractivity contribution in [3.63, 3.8) is 0 Å². The van der Waals surface area contributed by atoms with Gasteiger partial charge in [-0.3, -0.25) is 4.79 Å². The predicted molar refractivity (Wildman–Crippen MR) is 79.7 cm³/mol. The average molecular weight is 281 g/mol. The Balaban J connectivity index is 2.11. The SMILES string of the molecule is Cc1cccc(C(=O)Nc2cccc(C#CCCO)n2)n1. The van der Waals surface area contributed by atoms with E-state index in [1.165, 1.54) is 0 Å². The number of hydrogen-bond donors (Lipinski definition) is 2. The molecule has 0 aliphatic carbocycles. The molecule has 5 nitrogen and oxygen atoms in total. The quantitative estimate of drug-likeness (QED) is 0.841. The lowest BCUT2D eigenvalue weighted by atomic mass is 10.3. The van der Waals surface area contributed by atoms with Gasteiger partial charge in [-0.2, -0.15) is 0 Å². The van der Waals surface area contributed by atoms with Gasteiger partial charge in [0.25, 0.3) is 5.91 Å². The Bertz CT molecular complexity index is 702. The van der Waals surface area contributed by atoms with Gasteiger partial charge in [-0.25, -0.2) is 9.97 Å². The van der Waals surface area contributed by atoms with Crippen LogP contribution in [0.3, 0.4) is 0 Å². The fourth-order valence-corrected chi connectivity index (χ4v) is 1.63. The molecular weight excluding hydrogens is 266 g/mol. The lowest BCUT2D eigenvalue weighted by molar-refractivity contribution is 0.102. The first-order valence-electron chi connectivity index (χ1n) is 6.51. The summed E-state index contributed by atoms with van der Waals surface area (Å²) in [4.78, 5) is 20.4. The van der Waals surface area contributed by atoms with Crippen LogP contribution in [0, 0.1) is 18.8 Å². The first kappa shape index (κ1) is 14.7. The van der Waals surface area contributed by atoms with Gasteiger partial charge in [-0.15, -0.1) is 0 Å². The number of amides is 1. The Kier molecular flexibility index (Phi) is 5.02. The van der Waals surface area contributed by atoms with Gasteiger partial charge < -0.3 is 10.4 Å². The first-order chi connectivity index (χ1) is 10.2. The van der Waals surface area contributed by atoms with Crippen molar-refractivity contribution >= 4 is 11.7 Å². The minimum absolute atomic E-state index is 0.0163. The van der Waals surface area contributed by atoms with Crippen LogP contribution in [0.25, 0.3) is 0 Å². The minimum Gasteiger partial charge on any atom is -0.395 e. The highest BCUT2D eigenvalue weighted by Gasteiger charge is 2.08. The molecule has 0 bridgehead atoms. The van der Waals surface area contributed by atoms with Crippen LogP contribution >= 0.6 is 0 Å². The Morgan fingerprint density at radius 1 is 1.24 bits per heavy atom. The summed E-state index contributed by atoms with van der Waals surface area (Å²) >= 11 is 0. The molecule has 0 aliphatic heterocycles. The number of carbonyl (C=O) groups is 1. The van der Waals surface area contributed by atoms with Crippen LogP contribution in [-0.4, -0.2) is 27.6 Å². The van der Waals surface area contributed by atoms with E-state index in [-0.39, 0.29) is 12.5 Å². The lowest BCUT2D eigenvalue weighted by Gasteiger charge is -2.04. The highest BCUT2D eigenvalue weighted by molar-refractivity contribution is 6.02. The van der Waals surface area contributed by atoms with E-state index < -0.39 is 0 Å². The number of hydrogen-bond acceptors (Lipinski definition) is 4. The Labute approximate surface area is 123 Å². The van der Waals surface area contributed by atoms with Crippen LogP contribution in [0.15, 0.2) is 36.4 Å². The smallest absolute Gasteiger partial charge is 0.275 e. The molecular formula is C16H15N3O2. The molecule has 5 heteroatoms. The zero-order valence-electron chi connectivity index (χ0n) is 11.6. The van der Waals surface area contributed by atoms with E-state index in [1.807, 2.05) is 13.0 Å². The van der Waals surface area contributed by atoms with Gasteiger partial charge in [-0.05, 0) is 37.1 Å². The summed E-state index contributed by atoms with van der Waals surface area (Å²) in [5, 5.41) is 11.4. The minimum atomic E-state index is -0.313. The number of nitrogens with one attached hydrogen (secondary N) is 1. The van der Waals surface area contributed by atoms with E-state index in [0.29, 0.717) is 23.6 Å². The van der Waals surface area contributed by atoms with Gasteiger partial charge in [0, 0.05) is 12.1 Å². The van der Waals surface area contributed by atoms with E-state index in [4.69, 9.17) is 5.11 Å². The zero-order chi connectivity index (χ0) is 15.1. The van der Waals surface area contributed by atoms with Crippen molar-refractivity contribution in [1.82, 2.24) is 9.97 Å². The molecule has 0 aromatic carbocycles. The molecule has 2 N–H and O–H groups in total. The molecule has 2 heterocycles. The molecule has 0 saturated heterocycles. The van der Waals surface area contributed by atoms with Crippen LogP contribution < -0.4 is 5.32 Å². The second kappa shape index (κ2) is 7.17. The molecule has 0 unspecified atom stereocenters. The third kappa shape index (κ3) is 4.41. The summed E-state index contributed by atoms with van der Waals surface area (Å²) in [5.74, 6) is 5.71. The molecule has 0 atom stereocenters. The molecule has 2 aromatic heterocycles. The van der Waals surface area contributed by atoms with Crippen molar-refractivity contribution < 1.29 is 9.90 Å². The van der Waals surface area contributed by atoms with Crippen molar-refractivity contribution in [1.29, 1.82) is 0 Å². The van der Waals surface area contributed by atoms with Crippen LogP contribution in [-0.2, 0) is 0 Å². The van der Waals surface area contributed by atoms with Gasteiger partial charge >= 0.3 is 0 Å². The summed E-state index contributed by atoms with van der Waals surface area (Å²) in [7, 11) is 0. The molecule has 0 radical (unpaired) electrons. The van der Waals surface area contributed by atoms with Crippen molar-refractivity contribution in [2.75, 3.05) is 11.9 Å². The lowest BCUT2D eigenvalue weighted by Crippen LogP contribution is -2.15. The molecule has 106 valence electrons. The number of anilines is 1. The summed E-state index contributed by atoms with van der Waals surface area (Å²) in [6, 6.07) is 10.4. The van der Waals surface area contributed by atoms with E-state index in [9.17, 15) is 4.79 Å².